The van der Waals surface area contributed by atoms with E-state index in [4.69, 9.17) is 9.84 Å². The van der Waals surface area contributed by atoms with Gasteiger partial charge in [-0.2, -0.15) is 0 Å². The second-order valence-corrected chi connectivity index (χ2v) is 6.15. The minimum Gasteiger partial charge on any atom is -0.481 e. The van der Waals surface area contributed by atoms with E-state index in [2.05, 4.69) is 24.5 Å². The molecule has 0 radical (unpaired) electrons. The summed E-state index contributed by atoms with van der Waals surface area (Å²) in [5.41, 5.74) is 0. The summed E-state index contributed by atoms with van der Waals surface area (Å²) in [5, 5.41) is 14.4. The summed E-state index contributed by atoms with van der Waals surface area (Å²) in [6, 6.07) is -0.229. The molecule has 1 fully saturated rings. The molecule has 122 valence electrons. The number of amides is 2. The summed E-state index contributed by atoms with van der Waals surface area (Å²) in [6.45, 7) is 5.91. The van der Waals surface area contributed by atoms with Gasteiger partial charge in [0.25, 0.3) is 0 Å². The Bertz CT molecular complexity index is 328. The predicted molar refractivity (Wildman–Crippen MR) is 80.2 cm³/mol. The Hall–Kier alpha value is -1.30. The van der Waals surface area contributed by atoms with E-state index < -0.39 is 5.97 Å². The molecule has 6 nitrogen and oxygen atoms in total. The van der Waals surface area contributed by atoms with E-state index in [1.165, 1.54) is 0 Å². The van der Waals surface area contributed by atoms with E-state index in [1.807, 2.05) is 0 Å². The standard InChI is InChI=1S/C15H28N2O4/c1-11(2)8-12(9-14(18)19)10-17-15(20)16-6-5-13-4-3-7-21-13/h11-13H,3-10H2,1-2H3,(H,18,19)(H2,16,17,20)/t12-,13?/m0/s1. The van der Waals surface area contributed by atoms with Crippen molar-refractivity contribution in [3.05, 3.63) is 0 Å². The summed E-state index contributed by atoms with van der Waals surface area (Å²) < 4.78 is 5.48. The zero-order chi connectivity index (χ0) is 15.7. The molecule has 2 atom stereocenters. The van der Waals surface area contributed by atoms with Gasteiger partial charge in [-0.25, -0.2) is 4.79 Å². The van der Waals surface area contributed by atoms with Crippen LogP contribution in [0.1, 0.15) is 46.0 Å². The van der Waals surface area contributed by atoms with Crippen molar-refractivity contribution in [2.24, 2.45) is 11.8 Å². The number of aliphatic carboxylic acids is 1. The van der Waals surface area contributed by atoms with Crippen LogP contribution in [0.25, 0.3) is 0 Å². The van der Waals surface area contributed by atoms with Crippen molar-refractivity contribution in [2.45, 2.75) is 52.1 Å². The van der Waals surface area contributed by atoms with Crippen molar-refractivity contribution in [3.63, 3.8) is 0 Å². The molecule has 0 aromatic carbocycles. The fourth-order valence-corrected chi connectivity index (χ4v) is 2.67. The van der Waals surface area contributed by atoms with Gasteiger partial charge >= 0.3 is 12.0 Å². The summed E-state index contributed by atoms with van der Waals surface area (Å²) in [5.74, 6) is -0.425. The molecule has 1 saturated heterocycles. The molecule has 1 aliphatic heterocycles. The molecule has 3 N–H and O–H groups in total. The molecule has 0 aliphatic carbocycles. The van der Waals surface area contributed by atoms with Gasteiger partial charge in [0, 0.05) is 26.1 Å². The smallest absolute Gasteiger partial charge is 0.314 e. The van der Waals surface area contributed by atoms with E-state index in [9.17, 15) is 9.59 Å². The lowest BCUT2D eigenvalue weighted by molar-refractivity contribution is -0.138. The highest BCUT2D eigenvalue weighted by Gasteiger charge is 2.17. The van der Waals surface area contributed by atoms with Crippen LogP contribution in [0.5, 0.6) is 0 Å². The van der Waals surface area contributed by atoms with Crippen LogP contribution in [0.4, 0.5) is 4.79 Å². The van der Waals surface area contributed by atoms with Crippen molar-refractivity contribution in [1.29, 1.82) is 0 Å². The Kier molecular flexibility index (Phi) is 8.12. The quantitative estimate of drug-likeness (QED) is 0.607. The zero-order valence-electron chi connectivity index (χ0n) is 13.1. The molecule has 1 heterocycles. The molecule has 0 bridgehead atoms. The van der Waals surface area contributed by atoms with Crippen molar-refractivity contribution in [2.75, 3.05) is 19.7 Å². The van der Waals surface area contributed by atoms with Crippen LogP contribution in [0.2, 0.25) is 0 Å². The van der Waals surface area contributed by atoms with Gasteiger partial charge in [-0.1, -0.05) is 13.8 Å². The number of nitrogens with one attached hydrogen (secondary N) is 2. The number of carboxylic acids is 1. The average Bonchev–Trinajstić information content (AvgIpc) is 2.88. The number of hydrogen-bond acceptors (Lipinski definition) is 3. The first-order chi connectivity index (χ1) is 9.97. The van der Waals surface area contributed by atoms with Gasteiger partial charge in [-0.3, -0.25) is 4.79 Å². The van der Waals surface area contributed by atoms with Crippen LogP contribution >= 0.6 is 0 Å². The number of carbonyl (C=O) groups is 2. The lowest BCUT2D eigenvalue weighted by Gasteiger charge is -2.18. The van der Waals surface area contributed by atoms with Crippen LogP contribution in [-0.2, 0) is 9.53 Å². The molecule has 0 spiro atoms. The molecule has 0 aromatic heterocycles. The largest absolute Gasteiger partial charge is 0.481 e. The van der Waals surface area contributed by atoms with Crippen molar-refractivity contribution >= 4 is 12.0 Å². The number of rotatable bonds is 9. The average molecular weight is 300 g/mol. The third-order valence-electron chi connectivity index (χ3n) is 3.60. The number of ether oxygens (including phenoxy) is 1. The summed E-state index contributed by atoms with van der Waals surface area (Å²) in [6.07, 6.45) is 4.15. The third kappa shape index (κ3) is 8.55. The fraction of sp³-hybridized carbons (Fsp3) is 0.867. The van der Waals surface area contributed by atoms with Crippen LogP contribution < -0.4 is 10.6 Å². The fourth-order valence-electron chi connectivity index (χ4n) is 2.67. The SMILES string of the molecule is CC(C)C[C@H](CNC(=O)NCCC1CCCO1)CC(=O)O. The van der Waals surface area contributed by atoms with Crippen LogP contribution in [0.3, 0.4) is 0 Å². The highest BCUT2D eigenvalue weighted by atomic mass is 16.5. The molecular formula is C15H28N2O4. The monoisotopic (exact) mass is 300 g/mol. The normalized spacial score (nSPS) is 19.5. The van der Waals surface area contributed by atoms with Gasteiger partial charge < -0.3 is 20.5 Å². The Morgan fingerprint density at radius 2 is 2.10 bits per heavy atom. The second-order valence-electron chi connectivity index (χ2n) is 6.15. The van der Waals surface area contributed by atoms with Gasteiger partial charge in [0.1, 0.15) is 0 Å². The Labute approximate surface area is 126 Å². The minimum absolute atomic E-state index is 0.0218. The lowest BCUT2D eigenvalue weighted by atomic mass is 9.94. The molecule has 21 heavy (non-hydrogen) atoms. The maximum absolute atomic E-state index is 11.7. The maximum atomic E-state index is 11.7. The summed E-state index contributed by atoms with van der Waals surface area (Å²) >= 11 is 0. The highest BCUT2D eigenvalue weighted by Crippen LogP contribution is 2.15. The van der Waals surface area contributed by atoms with Gasteiger partial charge in [-0.15, -0.1) is 0 Å². The van der Waals surface area contributed by atoms with Crippen LogP contribution in [-0.4, -0.2) is 42.9 Å². The topological polar surface area (TPSA) is 87.7 Å². The van der Waals surface area contributed by atoms with E-state index >= 15 is 0 Å². The molecule has 1 rings (SSSR count). The highest BCUT2D eigenvalue weighted by molar-refractivity contribution is 5.74. The van der Waals surface area contributed by atoms with Gasteiger partial charge in [0.15, 0.2) is 0 Å². The lowest BCUT2D eigenvalue weighted by Crippen LogP contribution is -2.39. The second kappa shape index (κ2) is 9.60. The number of urea groups is 1. The third-order valence-corrected chi connectivity index (χ3v) is 3.60. The van der Waals surface area contributed by atoms with E-state index in [0.717, 1.165) is 32.3 Å². The van der Waals surface area contributed by atoms with Gasteiger partial charge in [0.2, 0.25) is 0 Å². The molecular weight excluding hydrogens is 272 g/mol. The van der Waals surface area contributed by atoms with Crippen molar-refractivity contribution in [3.8, 4) is 0 Å². The number of carboxylic acid groups (broad SMARTS) is 1. The Balaban J connectivity index is 2.17. The Morgan fingerprint density at radius 3 is 2.67 bits per heavy atom. The number of carbonyl (C=O) groups excluding carboxylic acids is 1. The first-order valence-electron chi connectivity index (χ1n) is 7.82. The maximum Gasteiger partial charge on any atom is 0.314 e. The molecule has 1 aliphatic rings. The van der Waals surface area contributed by atoms with Gasteiger partial charge in [-0.05, 0) is 37.5 Å². The molecule has 6 heteroatoms. The van der Waals surface area contributed by atoms with E-state index in [1.54, 1.807) is 0 Å². The predicted octanol–water partition coefficient (Wildman–Crippen LogP) is 1.99. The summed E-state index contributed by atoms with van der Waals surface area (Å²) in [7, 11) is 0. The van der Waals surface area contributed by atoms with Crippen molar-refractivity contribution < 1.29 is 19.4 Å². The van der Waals surface area contributed by atoms with E-state index in [0.29, 0.717) is 19.0 Å². The summed E-state index contributed by atoms with van der Waals surface area (Å²) in [4.78, 5) is 22.5. The molecule has 0 aromatic rings. The first kappa shape index (κ1) is 17.8. The zero-order valence-corrected chi connectivity index (χ0v) is 13.1. The molecule has 0 saturated carbocycles. The van der Waals surface area contributed by atoms with E-state index in [-0.39, 0.29) is 24.5 Å². The number of hydrogen-bond donors (Lipinski definition) is 3. The molecule has 1 unspecified atom stereocenters. The minimum atomic E-state index is -0.818. The first-order valence-corrected chi connectivity index (χ1v) is 7.82. The molecule has 2 amide bonds. The van der Waals surface area contributed by atoms with Gasteiger partial charge in [0.05, 0.1) is 6.10 Å². The van der Waals surface area contributed by atoms with Crippen molar-refractivity contribution in [1.82, 2.24) is 10.6 Å². The Morgan fingerprint density at radius 1 is 1.33 bits per heavy atom. The van der Waals surface area contributed by atoms with Crippen LogP contribution in [0.15, 0.2) is 0 Å². The van der Waals surface area contributed by atoms with Crippen LogP contribution in [0, 0.1) is 11.8 Å².